The molecule has 476 valence electrons. The molecule has 10 heteroatoms. The second-order valence-corrected chi connectivity index (χ2v) is 26.3. The van der Waals surface area contributed by atoms with Crippen LogP contribution in [0.5, 0.6) is 0 Å². The van der Waals surface area contributed by atoms with Crippen molar-refractivity contribution < 1.29 is 42.1 Å². The van der Waals surface area contributed by atoms with Crippen LogP contribution < -0.4 is 4.89 Å². The molecule has 0 rings (SSSR count). The predicted molar refractivity (Wildman–Crippen MR) is 347 cm³/mol. The Kier molecular flexibility index (Phi) is 60.9. The van der Waals surface area contributed by atoms with E-state index in [1.807, 2.05) is 21.1 Å². The fraction of sp³-hybridized carbons (Fsp3) is 0.859. The molecule has 9 nitrogen and oxygen atoms in total. The van der Waals surface area contributed by atoms with Crippen molar-refractivity contribution in [2.75, 3.05) is 47.5 Å². The Hall–Kier alpha value is -2.03. The van der Waals surface area contributed by atoms with E-state index < -0.39 is 32.5 Å². The molecule has 2 atom stereocenters. The lowest BCUT2D eigenvalue weighted by atomic mass is 10.0. The van der Waals surface area contributed by atoms with E-state index in [-0.39, 0.29) is 26.1 Å². The van der Waals surface area contributed by atoms with E-state index in [0.29, 0.717) is 23.9 Å². The Morgan fingerprint density at radius 3 is 0.988 bits per heavy atom. The third-order valence-electron chi connectivity index (χ3n) is 15.6. The van der Waals surface area contributed by atoms with Gasteiger partial charge in [0, 0.05) is 12.8 Å². The molecule has 0 aliphatic heterocycles. The van der Waals surface area contributed by atoms with Gasteiger partial charge in [-0.15, -0.1) is 0 Å². The number of hydrogen-bond acceptors (Lipinski definition) is 8. The molecule has 0 spiro atoms. The molecule has 0 radical (unpaired) electrons. The first kappa shape index (κ1) is 79.0. The third-order valence-corrected chi connectivity index (χ3v) is 16.5. The summed E-state index contributed by atoms with van der Waals surface area (Å²) in [5, 5.41) is 0. The van der Waals surface area contributed by atoms with Crippen LogP contribution in [0.15, 0.2) is 48.6 Å². The summed E-state index contributed by atoms with van der Waals surface area (Å²) in [6, 6.07) is 0. The number of unbranched alkanes of at least 4 members (excludes halogenated alkanes) is 43. The van der Waals surface area contributed by atoms with Crippen molar-refractivity contribution in [1.29, 1.82) is 0 Å². The summed E-state index contributed by atoms with van der Waals surface area (Å²) in [5.74, 6) is -0.835. The van der Waals surface area contributed by atoms with Crippen molar-refractivity contribution in [1.82, 2.24) is 0 Å². The summed E-state index contributed by atoms with van der Waals surface area (Å²) >= 11 is 0. The Labute approximate surface area is 503 Å². The highest BCUT2D eigenvalue weighted by molar-refractivity contribution is 7.45. The molecule has 0 heterocycles. The Morgan fingerprint density at radius 2 is 0.667 bits per heavy atom. The van der Waals surface area contributed by atoms with Crippen molar-refractivity contribution in [3.63, 3.8) is 0 Å². The van der Waals surface area contributed by atoms with Gasteiger partial charge in [0.05, 0.1) is 27.7 Å². The van der Waals surface area contributed by atoms with E-state index in [9.17, 15) is 19.0 Å². The highest BCUT2D eigenvalue weighted by Crippen LogP contribution is 2.38. The number of carbonyl (C=O) groups excluding carboxylic acids is 2. The minimum Gasteiger partial charge on any atom is -0.756 e. The standard InChI is InChI=1S/C71H134NO8P/c1-6-8-10-12-14-16-18-20-22-24-25-26-27-28-29-30-31-32-33-34-35-36-37-38-39-40-41-42-43-44-45-46-47-48-50-52-54-56-58-60-62-64-71(74)80-69(68-79-81(75,76)78-66-65-72(3,4)5)67-77-70(73)63-61-59-57-55-53-51-49-23-21-19-17-15-13-11-9-7-2/h17-20,23-25,49,69H,6-16,21-22,26-48,50-68H2,1-5H3/b19-17-,20-18-,25-24-,49-23-. The van der Waals surface area contributed by atoms with Gasteiger partial charge in [-0.25, -0.2) is 0 Å². The summed E-state index contributed by atoms with van der Waals surface area (Å²) in [6.07, 6.45) is 80.8. The van der Waals surface area contributed by atoms with Crippen molar-refractivity contribution in [2.45, 2.75) is 347 Å². The van der Waals surface area contributed by atoms with Crippen molar-refractivity contribution >= 4 is 19.8 Å². The molecule has 0 aliphatic rings. The number of esters is 2. The van der Waals surface area contributed by atoms with Crippen molar-refractivity contribution in [2.24, 2.45) is 0 Å². The lowest BCUT2D eigenvalue weighted by molar-refractivity contribution is -0.870. The largest absolute Gasteiger partial charge is 0.756 e. The zero-order valence-electron chi connectivity index (χ0n) is 54.2. The van der Waals surface area contributed by atoms with Gasteiger partial charge in [0.15, 0.2) is 6.10 Å². The molecule has 0 aliphatic carbocycles. The van der Waals surface area contributed by atoms with Gasteiger partial charge in [-0.05, 0) is 77.0 Å². The number of likely N-dealkylation sites (N-methyl/N-ethyl adjacent to an activating group) is 1. The maximum atomic E-state index is 12.8. The topological polar surface area (TPSA) is 111 Å². The summed E-state index contributed by atoms with van der Waals surface area (Å²) in [5.41, 5.74) is 0. The number of hydrogen-bond donors (Lipinski definition) is 0. The summed E-state index contributed by atoms with van der Waals surface area (Å²) < 4.78 is 34.2. The number of quaternary nitrogens is 1. The molecular weight excluding hydrogens is 1030 g/mol. The van der Waals surface area contributed by atoms with Crippen LogP contribution in [0.25, 0.3) is 0 Å². The first-order valence-corrected chi connectivity index (χ1v) is 36.3. The molecular formula is C71H134NO8P. The zero-order chi connectivity index (χ0) is 59.1. The van der Waals surface area contributed by atoms with Gasteiger partial charge >= 0.3 is 11.9 Å². The number of carbonyl (C=O) groups is 2. The summed E-state index contributed by atoms with van der Waals surface area (Å²) in [4.78, 5) is 37.9. The molecule has 0 bridgehead atoms. The fourth-order valence-corrected chi connectivity index (χ4v) is 10.9. The molecule has 0 fully saturated rings. The first-order chi connectivity index (χ1) is 39.5. The molecule has 0 saturated carbocycles. The molecule has 0 amide bonds. The zero-order valence-corrected chi connectivity index (χ0v) is 55.1. The average molecular weight is 1160 g/mol. The number of ether oxygens (including phenoxy) is 2. The molecule has 0 aromatic heterocycles. The summed E-state index contributed by atoms with van der Waals surface area (Å²) in [7, 11) is 1.17. The number of phosphoric acid groups is 1. The van der Waals surface area contributed by atoms with E-state index in [1.54, 1.807) is 0 Å². The van der Waals surface area contributed by atoms with Crippen LogP contribution in [0.4, 0.5) is 0 Å². The third kappa shape index (κ3) is 67.0. The van der Waals surface area contributed by atoms with Crippen LogP contribution in [-0.2, 0) is 32.7 Å². The van der Waals surface area contributed by atoms with Gasteiger partial charge in [-0.2, -0.15) is 0 Å². The van der Waals surface area contributed by atoms with Gasteiger partial charge in [0.1, 0.15) is 19.8 Å². The van der Waals surface area contributed by atoms with Gasteiger partial charge < -0.3 is 27.9 Å². The quantitative estimate of drug-likeness (QED) is 0.0195. The molecule has 0 saturated heterocycles. The average Bonchev–Trinajstić information content (AvgIpc) is 3.43. The van der Waals surface area contributed by atoms with E-state index >= 15 is 0 Å². The number of allylic oxidation sites excluding steroid dienone is 8. The number of phosphoric ester groups is 1. The summed E-state index contributed by atoms with van der Waals surface area (Å²) in [6.45, 7) is 4.24. The van der Waals surface area contributed by atoms with Gasteiger partial charge in [-0.3, -0.25) is 14.2 Å². The van der Waals surface area contributed by atoms with Crippen LogP contribution in [-0.4, -0.2) is 70.0 Å². The van der Waals surface area contributed by atoms with E-state index in [1.165, 1.54) is 244 Å². The minimum atomic E-state index is -4.64. The van der Waals surface area contributed by atoms with Crippen molar-refractivity contribution in [3.05, 3.63) is 48.6 Å². The van der Waals surface area contributed by atoms with Gasteiger partial charge in [0.2, 0.25) is 0 Å². The SMILES string of the molecule is CCCCCC/C=C\C/C=C\CCCCCCCC(=O)OCC(COP(=O)([O-])OCC[N+](C)(C)C)OC(=O)CCCCCCCCCCCCCCCCCCCCCCCCCCCCCCC/C=C\C/C=C\CCCCCCC. The predicted octanol–water partition coefficient (Wildman–Crippen LogP) is 21.8. The van der Waals surface area contributed by atoms with Gasteiger partial charge in [-0.1, -0.05) is 300 Å². The lowest BCUT2D eigenvalue weighted by Crippen LogP contribution is -2.37. The molecule has 0 aromatic rings. The fourth-order valence-electron chi connectivity index (χ4n) is 10.2. The normalized spacial score (nSPS) is 13.4. The second kappa shape index (κ2) is 62.5. The van der Waals surface area contributed by atoms with Crippen LogP contribution in [0, 0.1) is 0 Å². The number of rotatable bonds is 65. The monoisotopic (exact) mass is 1160 g/mol. The Bertz CT molecular complexity index is 1510. The van der Waals surface area contributed by atoms with E-state index in [0.717, 1.165) is 57.8 Å². The molecule has 2 unspecified atom stereocenters. The molecule has 0 N–H and O–H groups in total. The smallest absolute Gasteiger partial charge is 0.306 e. The second-order valence-electron chi connectivity index (χ2n) is 24.9. The minimum absolute atomic E-state index is 0.0318. The maximum absolute atomic E-state index is 12.8. The van der Waals surface area contributed by atoms with Crippen molar-refractivity contribution in [3.8, 4) is 0 Å². The lowest BCUT2D eigenvalue weighted by Gasteiger charge is -2.28. The first-order valence-electron chi connectivity index (χ1n) is 34.8. The highest BCUT2D eigenvalue weighted by Gasteiger charge is 2.22. The highest BCUT2D eigenvalue weighted by atomic mass is 31.2. The van der Waals surface area contributed by atoms with Crippen LogP contribution >= 0.6 is 7.82 Å². The van der Waals surface area contributed by atoms with Crippen LogP contribution in [0.3, 0.4) is 0 Å². The number of nitrogens with zero attached hydrogens (tertiary/aromatic N) is 1. The molecule has 81 heavy (non-hydrogen) atoms. The van der Waals surface area contributed by atoms with E-state index in [2.05, 4.69) is 62.5 Å². The molecule has 0 aromatic carbocycles. The van der Waals surface area contributed by atoms with Gasteiger partial charge in [0.25, 0.3) is 7.82 Å². The van der Waals surface area contributed by atoms with Crippen LogP contribution in [0.2, 0.25) is 0 Å². The maximum Gasteiger partial charge on any atom is 0.306 e. The Morgan fingerprint density at radius 1 is 0.383 bits per heavy atom. The Balaban J connectivity index is 3.86. The van der Waals surface area contributed by atoms with Crippen LogP contribution in [0.1, 0.15) is 341 Å². The van der Waals surface area contributed by atoms with E-state index in [4.69, 9.17) is 18.5 Å².